The van der Waals surface area contributed by atoms with Crippen LogP contribution in [0.5, 0.6) is 0 Å². The molecule has 2 atom stereocenters. The van der Waals surface area contributed by atoms with Crippen LogP contribution in [-0.2, 0) is 36.9 Å². The predicted octanol–water partition coefficient (Wildman–Crippen LogP) is 3.65. The molecule has 42 heavy (non-hydrogen) atoms. The largest absolute Gasteiger partial charge is 0.370 e. The number of allylic oxidation sites excluding steroid dienone is 3. The molecule has 2 heterocycles. The number of hydrogen-bond donors (Lipinski definition) is 3. The molecule has 8 nitrogen and oxygen atoms in total. The third-order valence-electron chi connectivity index (χ3n) is 7.96. The molecular formula is C34H51N7O. The molecular weight excluding hydrogens is 522 g/mol. The SMILES string of the molecule is CCCN=C(N)N.CCc1ccc(C[C@@H](N)C(=O)N2CCN(CCc3cc4c(cn3)C=CC=CC4)CC2C)c(CC)c1. The van der Waals surface area contributed by atoms with Gasteiger partial charge in [0.1, 0.15) is 0 Å². The van der Waals surface area contributed by atoms with Gasteiger partial charge in [-0.2, -0.15) is 0 Å². The topological polar surface area (TPSA) is 127 Å². The first-order valence-electron chi connectivity index (χ1n) is 15.5. The van der Waals surface area contributed by atoms with Gasteiger partial charge in [0.05, 0.1) is 6.04 Å². The molecule has 1 unspecified atom stereocenters. The Morgan fingerprint density at radius 2 is 1.90 bits per heavy atom. The summed E-state index contributed by atoms with van der Waals surface area (Å²) in [5.41, 5.74) is 24.0. The molecule has 6 N–H and O–H groups in total. The van der Waals surface area contributed by atoms with E-state index in [9.17, 15) is 4.79 Å². The zero-order valence-electron chi connectivity index (χ0n) is 26.1. The summed E-state index contributed by atoms with van der Waals surface area (Å²) < 4.78 is 0. The van der Waals surface area contributed by atoms with Gasteiger partial charge in [0.25, 0.3) is 0 Å². The van der Waals surface area contributed by atoms with E-state index in [2.05, 4.69) is 84.2 Å². The molecule has 1 fully saturated rings. The number of aliphatic imine (C=N–C) groups is 1. The van der Waals surface area contributed by atoms with Crippen molar-refractivity contribution in [3.8, 4) is 0 Å². The first kappa shape index (κ1) is 33.0. The first-order valence-corrected chi connectivity index (χ1v) is 15.5. The molecule has 1 saturated heterocycles. The second-order valence-corrected chi connectivity index (χ2v) is 11.2. The average molecular weight is 574 g/mol. The van der Waals surface area contributed by atoms with Crippen molar-refractivity contribution in [2.24, 2.45) is 22.2 Å². The number of fused-ring (bicyclic) bond motifs is 1. The van der Waals surface area contributed by atoms with Gasteiger partial charge in [-0.15, -0.1) is 0 Å². The van der Waals surface area contributed by atoms with Gasteiger partial charge < -0.3 is 22.1 Å². The summed E-state index contributed by atoms with van der Waals surface area (Å²) in [5.74, 6) is 0.258. The van der Waals surface area contributed by atoms with Crippen LogP contribution in [0.25, 0.3) is 6.08 Å². The Morgan fingerprint density at radius 1 is 1.10 bits per heavy atom. The zero-order chi connectivity index (χ0) is 30.5. The van der Waals surface area contributed by atoms with Crippen LogP contribution in [0.3, 0.4) is 0 Å². The Kier molecular flexibility index (Phi) is 13.2. The van der Waals surface area contributed by atoms with Gasteiger partial charge >= 0.3 is 0 Å². The predicted molar refractivity (Wildman–Crippen MR) is 175 cm³/mol. The molecule has 2 aromatic rings. The van der Waals surface area contributed by atoms with Gasteiger partial charge in [0.2, 0.25) is 5.91 Å². The summed E-state index contributed by atoms with van der Waals surface area (Å²) in [4.78, 5) is 26.1. The Bertz CT molecular complexity index is 1250. The molecule has 0 radical (unpaired) electrons. The summed E-state index contributed by atoms with van der Waals surface area (Å²) in [5, 5.41) is 0. The average Bonchev–Trinajstić information content (AvgIpc) is 3.24. The lowest BCUT2D eigenvalue weighted by molar-refractivity contribution is -0.137. The smallest absolute Gasteiger partial charge is 0.240 e. The zero-order valence-corrected chi connectivity index (χ0v) is 26.1. The van der Waals surface area contributed by atoms with Crippen LogP contribution < -0.4 is 17.2 Å². The van der Waals surface area contributed by atoms with Crippen LogP contribution in [0.4, 0.5) is 0 Å². The summed E-state index contributed by atoms with van der Waals surface area (Å²) in [7, 11) is 0. The maximum absolute atomic E-state index is 13.2. The van der Waals surface area contributed by atoms with Crippen molar-refractivity contribution in [2.75, 3.05) is 32.7 Å². The highest BCUT2D eigenvalue weighted by Gasteiger charge is 2.30. The number of carbonyl (C=O) groups is 1. The highest BCUT2D eigenvalue weighted by atomic mass is 16.2. The van der Waals surface area contributed by atoms with Crippen LogP contribution in [0.15, 0.2) is 53.7 Å². The van der Waals surface area contributed by atoms with E-state index in [4.69, 9.17) is 17.2 Å². The molecule has 4 rings (SSSR count). The minimum Gasteiger partial charge on any atom is -0.370 e. The molecule has 1 aromatic heterocycles. The van der Waals surface area contributed by atoms with E-state index < -0.39 is 6.04 Å². The van der Waals surface area contributed by atoms with Crippen LogP contribution in [0.2, 0.25) is 0 Å². The van der Waals surface area contributed by atoms with E-state index in [0.717, 1.165) is 70.5 Å². The molecule has 0 spiro atoms. The van der Waals surface area contributed by atoms with Crippen molar-refractivity contribution in [1.82, 2.24) is 14.8 Å². The van der Waals surface area contributed by atoms with Crippen molar-refractivity contribution in [2.45, 2.75) is 78.3 Å². The van der Waals surface area contributed by atoms with Gasteiger partial charge in [-0.1, -0.05) is 63.3 Å². The fraction of sp³-hybridized carbons (Fsp3) is 0.500. The van der Waals surface area contributed by atoms with Crippen molar-refractivity contribution >= 4 is 17.9 Å². The monoisotopic (exact) mass is 573 g/mol. The first-order chi connectivity index (χ1) is 20.2. The molecule has 0 saturated carbocycles. The maximum atomic E-state index is 13.2. The van der Waals surface area contributed by atoms with E-state index in [0.29, 0.717) is 6.42 Å². The van der Waals surface area contributed by atoms with Crippen molar-refractivity contribution < 1.29 is 4.79 Å². The van der Waals surface area contributed by atoms with E-state index in [-0.39, 0.29) is 17.9 Å². The minimum absolute atomic E-state index is 0.0762. The third kappa shape index (κ3) is 9.81. The van der Waals surface area contributed by atoms with Gasteiger partial charge in [-0.25, -0.2) is 0 Å². The number of pyridine rings is 1. The number of nitrogens with zero attached hydrogens (tertiary/aromatic N) is 4. The Morgan fingerprint density at radius 3 is 2.57 bits per heavy atom. The second-order valence-electron chi connectivity index (χ2n) is 11.2. The van der Waals surface area contributed by atoms with Gasteiger partial charge in [0, 0.05) is 57.1 Å². The lowest BCUT2D eigenvalue weighted by Crippen LogP contribution is -2.58. The van der Waals surface area contributed by atoms with Crippen LogP contribution in [0, 0.1) is 0 Å². The number of hydrogen-bond acceptors (Lipinski definition) is 5. The number of aromatic nitrogens is 1. The van der Waals surface area contributed by atoms with Crippen LogP contribution in [-0.4, -0.2) is 71.5 Å². The lowest BCUT2D eigenvalue weighted by Gasteiger charge is -2.41. The second kappa shape index (κ2) is 16.8. The van der Waals surface area contributed by atoms with Crippen LogP contribution in [0.1, 0.15) is 67.6 Å². The summed E-state index contributed by atoms with van der Waals surface area (Å²) >= 11 is 0. The normalized spacial score (nSPS) is 17.1. The van der Waals surface area contributed by atoms with Gasteiger partial charge in [0.15, 0.2) is 5.96 Å². The van der Waals surface area contributed by atoms with Crippen molar-refractivity contribution in [3.63, 3.8) is 0 Å². The number of carbonyl (C=O) groups excluding carboxylic acids is 1. The van der Waals surface area contributed by atoms with E-state index in [1.165, 1.54) is 27.8 Å². The quantitative estimate of drug-likeness (QED) is 0.294. The number of aryl methyl sites for hydroxylation is 2. The number of nitrogens with two attached hydrogens (primary N) is 3. The van der Waals surface area contributed by atoms with Crippen molar-refractivity contribution in [1.29, 1.82) is 0 Å². The van der Waals surface area contributed by atoms with E-state index in [1.54, 1.807) is 0 Å². The minimum atomic E-state index is -0.492. The van der Waals surface area contributed by atoms with Crippen LogP contribution >= 0.6 is 0 Å². The highest BCUT2D eigenvalue weighted by molar-refractivity contribution is 5.82. The highest BCUT2D eigenvalue weighted by Crippen LogP contribution is 2.19. The number of piperazine rings is 1. The molecule has 1 aromatic carbocycles. The number of guanidine groups is 1. The van der Waals surface area contributed by atoms with E-state index in [1.807, 2.05) is 18.0 Å². The van der Waals surface area contributed by atoms with E-state index >= 15 is 0 Å². The summed E-state index contributed by atoms with van der Waals surface area (Å²) in [6.07, 6.45) is 16.0. The maximum Gasteiger partial charge on any atom is 0.240 e. The van der Waals surface area contributed by atoms with Crippen molar-refractivity contribution in [3.05, 3.63) is 82.2 Å². The number of rotatable bonds is 10. The fourth-order valence-electron chi connectivity index (χ4n) is 5.50. The van der Waals surface area contributed by atoms with Gasteiger partial charge in [-0.3, -0.25) is 19.7 Å². The molecule has 1 amide bonds. The summed E-state index contributed by atoms with van der Waals surface area (Å²) in [6, 6.07) is 8.50. The Balaban J connectivity index is 0.000000616. The Labute approximate surface area is 252 Å². The number of benzene rings is 1. The number of amides is 1. The standard InChI is InChI=1S/C30H40N4O.C4H11N3/c1-4-23-11-12-26(24(5-2)17-23)19-29(31)30(35)34-16-15-33(21-22(34)3)14-13-28-18-25-9-7-6-8-10-27(25)20-32-28;1-2-3-7-4(5)6/h6-8,10-12,17-18,20,22,29H,4-5,9,13-16,19,21,31H2,1-3H3;2-3H2,1H3,(H4,5,6,7)/t22?,29-;/m1./s1. The lowest BCUT2D eigenvalue weighted by atomic mass is 9.95. The summed E-state index contributed by atoms with van der Waals surface area (Å²) in [6.45, 7) is 12.7. The molecule has 0 bridgehead atoms. The molecule has 1 aliphatic heterocycles. The Hall–Kier alpha value is -3.49. The fourth-order valence-corrected chi connectivity index (χ4v) is 5.50. The third-order valence-corrected chi connectivity index (χ3v) is 7.96. The molecule has 228 valence electrons. The molecule has 1 aliphatic carbocycles. The molecule has 2 aliphatic rings. The van der Waals surface area contributed by atoms with Gasteiger partial charge in [-0.05, 0) is 72.9 Å². The molecule has 8 heteroatoms.